The second-order valence-electron chi connectivity index (χ2n) is 3.29. The molecule has 0 aliphatic rings. The normalized spacial score (nSPS) is 11.5. The SMILES string of the molecule is N#CCc1nc(CBr)c(C(F)F)cc1OC(F)(F)F. The quantitative estimate of drug-likeness (QED) is 0.615. The summed E-state index contributed by atoms with van der Waals surface area (Å²) in [6.45, 7) is 0. The number of nitrogens with zero attached hydrogens (tertiary/aromatic N) is 2. The van der Waals surface area contributed by atoms with Crippen LogP contribution in [0.4, 0.5) is 22.0 Å². The van der Waals surface area contributed by atoms with Crippen molar-refractivity contribution in [1.29, 1.82) is 5.26 Å². The summed E-state index contributed by atoms with van der Waals surface area (Å²) < 4.78 is 65.4. The molecule has 1 aromatic rings. The number of aromatic nitrogens is 1. The number of hydrogen-bond donors (Lipinski definition) is 0. The molecule has 19 heavy (non-hydrogen) atoms. The van der Waals surface area contributed by atoms with Crippen molar-refractivity contribution in [3.05, 3.63) is 23.0 Å². The molecule has 9 heteroatoms. The minimum atomic E-state index is -5.04. The van der Waals surface area contributed by atoms with Gasteiger partial charge in [-0.25, -0.2) is 8.78 Å². The van der Waals surface area contributed by atoms with Gasteiger partial charge in [0.15, 0.2) is 5.75 Å². The fraction of sp³-hybridized carbons (Fsp3) is 0.400. The molecule has 0 unspecified atom stereocenters. The van der Waals surface area contributed by atoms with Crippen LogP contribution in [-0.2, 0) is 11.8 Å². The molecule has 0 N–H and O–H groups in total. The van der Waals surface area contributed by atoms with Gasteiger partial charge < -0.3 is 4.74 Å². The fourth-order valence-electron chi connectivity index (χ4n) is 1.30. The van der Waals surface area contributed by atoms with Crippen molar-refractivity contribution in [3.63, 3.8) is 0 Å². The summed E-state index contributed by atoms with van der Waals surface area (Å²) in [7, 11) is 0. The van der Waals surface area contributed by atoms with Crippen molar-refractivity contribution < 1.29 is 26.7 Å². The molecule has 0 radical (unpaired) electrons. The molecule has 0 bridgehead atoms. The lowest BCUT2D eigenvalue weighted by Crippen LogP contribution is -2.19. The highest BCUT2D eigenvalue weighted by molar-refractivity contribution is 9.08. The van der Waals surface area contributed by atoms with E-state index < -0.39 is 30.5 Å². The van der Waals surface area contributed by atoms with E-state index >= 15 is 0 Å². The third-order valence-electron chi connectivity index (χ3n) is 2.01. The first-order valence-corrected chi connectivity index (χ1v) is 5.90. The Balaban J connectivity index is 3.33. The Morgan fingerprint density at radius 2 is 2.00 bits per heavy atom. The molecule has 0 fully saturated rings. The lowest BCUT2D eigenvalue weighted by Gasteiger charge is -2.15. The first-order valence-electron chi connectivity index (χ1n) is 4.78. The second-order valence-corrected chi connectivity index (χ2v) is 3.85. The van der Waals surface area contributed by atoms with Gasteiger partial charge in [0, 0.05) is 10.9 Å². The lowest BCUT2D eigenvalue weighted by atomic mass is 10.1. The van der Waals surface area contributed by atoms with Crippen LogP contribution in [0.5, 0.6) is 5.75 Å². The Morgan fingerprint density at radius 1 is 1.37 bits per heavy atom. The van der Waals surface area contributed by atoms with Crippen molar-refractivity contribution in [2.24, 2.45) is 0 Å². The third kappa shape index (κ3) is 4.31. The van der Waals surface area contributed by atoms with E-state index in [0.29, 0.717) is 6.07 Å². The van der Waals surface area contributed by atoms with Gasteiger partial charge in [0.25, 0.3) is 6.43 Å². The first-order chi connectivity index (χ1) is 8.78. The number of pyridine rings is 1. The van der Waals surface area contributed by atoms with E-state index in [0.717, 1.165) is 0 Å². The number of ether oxygens (including phenoxy) is 1. The van der Waals surface area contributed by atoms with Gasteiger partial charge in [-0.15, -0.1) is 13.2 Å². The number of nitriles is 1. The van der Waals surface area contributed by atoms with Crippen molar-refractivity contribution in [2.75, 3.05) is 0 Å². The molecule has 0 spiro atoms. The van der Waals surface area contributed by atoms with Crippen LogP contribution in [0.25, 0.3) is 0 Å². The Morgan fingerprint density at radius 3 is 2.42 bits per heavy atom. The van der Waals surface area contributed by atoms with Gasteiger partial charge in [0.05, 0.1) is 23.9 Å². The van der Waals surface area contributed by atoms with Crippen molar-refractivity contribution in [3.8, 4) is 11.8 Å². The summed E-state index contributed by atoms with van der Waals surface area (Å²) in [5.74, 6) is -0.881. The van der Waals surface area contributed by atoms with E-state index in [1.165, 1.54) is 0 Å². The van der Waals surface area contributed by atoms with E-state index in [4.69, 9.17) is 5.26 Å². The molecule has 0 aliphatic heterocycles. The predicted octanol–water partition coefficient (Wildman–Crippen LogP) is 3.88. The highest BCUT2D eigenvalue weighted by Crippen LogP contribution is 2.32. The predicted molar refractivity (Wildman–Crippen MR) is 57.8 cm³/mol. The highest BCUT2D eigenvalue weighted by Gasteiger charge is 2.33. The topological polar surface area (TPSA) is 45.9 Å². The molecule has 0 atom stereocenters. The maximum Gasteiger partial charge on any atom is 0.573 e. The van der Waals surface area contributed by atoms with Crippen LogP contribution in [-0.4, -0.2) is 11.3 Å². The van der Waals surface area contributed by atoms with Crippen LogP contribution in [0, 0.1) is 11.3 Å². The lowest BCUT2D eigenvalue weighted by molar-refractivity contribution is -0.275. The average molecular weight is 345 g/mol. The Hall–Kier alpha value is -1.43. The maximum absolute atomic E-state index is 12.7. The van der Waals surface area contributed by atoms with Gasteiger partial charge in [0.2, 0.25) is 0 Å². The van der Waals surface area contributed by atoms with Gasteiger partial charge >= 0.3 is 6.36 Å². The van der Waals surface area contributed by atoms with Gasteiger partial charge in [-0.1, -0.05) is 15.9 Å². The van der Waals surface area contributed by atoms with Gasteiger partial charge in [-0.2, -0.15) is 5.26 Å². The second kappa shape index (κ2) is 6.14. The van der Waals surface area contributed by atoms with Crippen LogP contribution in [0.2, 0.25) is 0 Å². The number of rotatable bonds is 4. The van der Waals surface area contributed by atoms with Crippen LogP contribution in [0.1, 0.15) is 23.4 Å². The van der Waals surface area contributed by atoms with E-state index in [9.17, 15) is 22.0 Å². The Bertz CT molecular complexity index is 498. The smallest absolute Gasteiger partial charge is 0.404 e. The molecule has 1 rings (SSSR count). The molecule has 0 aromatic carbocycles. The molecule has 1 aromatic heterocycles. The van der Waals surface area contributed by atoms with Crippen LogP contribution >= 0.6 is 15.9 Å². The molecule has 0 amide bonds. The standard InChI is InChI=1S/C10H6BrF5N2O/c11-4-7-5(9(12)13)3-8(19-10(14,15)16)6(18-7)1-2-17/h3,9H,1,4H2. The average Bonchev–Trinajstić information content (AvgIpc) is 2.28. The molecule has 0 aliphatic carbocycles. The maximum atomic E-state index is 12.7. The number of alkyl halides is 6. The Labute approximate surface area is 113 Å². The fourth-order valence-corrected chi connectivity index (χ4v) is 1.75. The molecular formula is C10H6BrF5N2O. The zero-order chi connectivity index (χ0) is 14.6. The minimum Gasteiger partial charge on any atom is -0.404 e. The monoisotopic (exact) mass is 344 g/mol. The third-order valence-corrected chi connectivity index (χ3v) is 2.54. The molecule has 0 saturated carbocycles. The summed E-state index contributed by atoms with van der Waals surface area (Å²) in [5, 5.41) is 8.43. The zero-order valence-electron chi connectivity index (χ0n) is 9.14. The highest BCUT2D eigenvalue weighted by atomic mass is 79.9. The first kappa shape index (κ1) is 15.6. The van der Waals surface area contributed by atoms with Crippen molar-refractivity contribution in [1.82, 2.24) is 4.98 Å². The largest absolute Gasteiger partial charge is 0.573 e. The summed E-state index contributed by atoms with van der Waals surface area (Å²) in [4.78, 5) is 3.61. The van der Waals surface area contributed by atoms with Crippen molar-refractivity contribution >= 4 is 15.9 Å². The van der Waals surface area contributed by atoms with Crippen LogP contribution in [0.15, 0.2) is 6.07 Å². The summed E-state index contributed by atoms with van der Waals surface area (Å²) in [6, 6.07) is 2.16. The van der Waals surface area contributed by atoms with E-state index in [-0.39, 0.29) is 16.7 Å². The van der Waals surface area contributed by atoms with Gasteiger partial charge in [-0.3, -0.25) is 4.98 Å². The summed E-state index contributed by atoms with van der Waals surface area (Å²) in [6.07, 6.45) is -8.51. The minimum absolute atomic E-state index is 0.0720. The molecule has 3 nitrogen and oxygen atoms in total. The zero-order valence-corrected chi connectivity index (χ0v) is 10.7. The molecule has 1 heterocycles. The molecule has 104 valence electrons. The summed E-state index contributed by atoms with van der Waals surface area (Å²) >= 11 is 2.91. The van der Waals surface area contributed by atoms with E-state index in [1.54, 1.807) is 6.07 Å². The summed E-state index contributed by atoms with van der Waals surface area (Å²) in [5.41, 5.74) is -1.13. The van der Waals surface area contributed by atoms with Gasteiger partial charge in [-0.05, 0) is 6.07 Å². The van der Waals surface area contributed by atoms with Crippen LogP contribution in [0.3, 0.4) is 0 Å². The van der Waals surface area contributed by atoms with E-state index in [2.05, 4.69) is 25.7 Å². The molecule has 0 saturated heterocycles. The molecular weight excluding hydrogens is 339 g/mol. The number of hydrogen-bond acceptors (Lipinski definition) is 3. The van der Waals surface area contributed by atoms with Gasteiger partial charge in [0.1, 0.15) is 0 Å². The van der Waals surface area contributed by atoms with Crippen LogP contribution < -0.4 is 4.74 Å². The van der Waals surface area contributed by atoms with Crippen molar-refractivity contribution in [2.45, 2.75) is 24.5 Å². The number of halogens is 6. The van der Waals surface area contributed by atoms with E-state index in [1.807, 2.05) is 0 Å². The Kier molecular flexibility index (Phi) is 5.05.